The van der Waals surface area contributed by atoms with Crippen LogP contribution in [0.5, 0.6) is 0 Å². The molecular weight excluding hydrogens is 195 g/mol. The molecule has 0 saturated carbocycles. The van der Waals surface area contributed by atoms with Crippen molar-refractivity contribution >= 4 is 5.91 Å². The summed E-state index contributed by atoms with van der Waals surface area (Å²) < 4.78 is 35.9. The van der Waals surface area contributed by atoms with E-state index in [9.17, 15) is 18.0 Å². The maximum atomic E-state index is 12.0. The average molecular weight is 211 g/mol. The lowest BCUT2D eigenvalue weighted by Gasteiger charge is -2.14. The number of rotatable bonds is 6. The monoisotopic (exact) mass is 211 g/mol. The normalized spacial score (nSPS) is 14.0. The van der Waals surface area contributed by atoms with Gasteiger partial charge in [0.05, 0.1) is 6.42 Å². The van der Waals surface area contributed by atoms with Gasteiger partial charge in [-0.25, -0.2) is 0 Å². The van der Waals surface area contributed by atoms with Gasteiger partial charge in [-0.1, -0.05) is 26.2 Å². The van der Waals surface area contributed by atoms with Crippen LogP contribution in [-0.2, 0) is 4.79 Å². The van der Waals surface area contributed by atoms with Gasteiger partial charge in [-0.15, -0.1) is 0 Å². The van der Waals surface area contributed by atoms with Crippen LogP contribution in [0.3, 0.4) is 0 Å². The molecule has 1 amide bonds. The van der Waals surface area contributed by atoms with Crippen LogP contribution in [-0.4, -0.2) is 12.1 Å². The molecule has 1 unspecified atom stereocenters. The largest absolute Gasteiger partial charge is 0.389 e. The quantitative estimate of drug-likeness (QED) is 0.674. The summed E-state index contributed by atoms with van der Waals surface area (Å²) in [7, 11) is 0. The maximum absolute atomic E-state index is 12.0. The zero-order chi connectivity index (χ0) is 11.2. The molecule has 0 aromatic rings. The van der Waals surface area contributed by atoms with Gasteiger partial charge < -0.3 is 5.73 Å². The molecule has 1 atom stereocenters. The topological polar surface area (TPSA) is 43.1 Å². The Hall–Kier alpha value is -0.740. The van der Waals surface area contributed by atoms with Crippen molar-refractivity contribution in [2.45, 2.75) is 45.2 Å². The lowest BCUT2D eigenvalue weighted by atomic mass is 9.97. The van der Waals surface area contributed by atoms with Crippen molar-refractivity contribution in [3.05, 3.63) is 0 Å². The van der Waals surface area contributed by atoms with Crippen molar-refractivity contribution in [3.63, 3.8) is 0 Å². The number of nitrogens with two attached hydrogens (primary N) is 1. The number of hydrogen-bond donors (Lipinski definition) is 1. The zero-order valence-electron chi connectivity index (χ0n) is 8.23. The molecule has 14 heavy (non-hydrogen) atoms. The molecule has 2 nitrogen and oxygen atoms in total. The third kappa shape index (κ3) is 6.74. The van der Waals surface area contributed by atoms with Crippen molar-refractivity contribution in [1.82, 2.24) is 0 Å². The smallest absolute Gasteiger partial charge is 0.369 e. The SMILES string of the molecule is CCCCCC(CC(F)(F)F)C(N)=O. The molecule has 84 valence electrons. The van der Waals surface area contributed by atoms with Crippen LogP contribution >= 0.6 is 0 Å². The van der Waals surface area contributed by atoms with Crippen molar-refractivity contribution < 1.29 is 18.0 Å². The minimum atomic E-state index is -4.30. The van der Waals surface area contributed by atoms with Gasteiger partial charge >= 0.3 is 6.18 Å². The molecule has 0 heterocycles. The Morgan fingerprint density at radius 3 is 2.29 bits per heavy atom. The van der Waals surface area contributed by atoms with Crippen molar-refractivity contribution in [3.8, 4) is 0 Å². The number of halogens is 3. The molecule has 0 aromatic heterocycles. The Labute approximate surface area is 81.7 Å². The highest BCUT2D eigenvalue weighted by atomic mass is 19.4. The fraction of sp³-hybridized carbons (Fsp3) is 0.889. The first kappa shape index (κ1) is 13.3. The van der Waals surface area contributed by atoms with Crippen molar-refractivity contribution in [2.75, 3.05) is 0 Å². The lowest BCUT2D eigenvalue weighted by molar-refractivity contribution is -0.153. The molecule has 5 heteroatoms. The highest BCUT2D eigenvalue weighted by Gasteiger charge is 2.33. The molecule has 2 N–H and O–H groups in total. The minimum Gasteiger partial charge on any atom is -0.369 e. The molecule has 0 radical (unpaired) electrons. The van der Waals surface area contributed by atoms with E-state index < -0.39 is 24.4 Å². The van der Waals surface area contributed by atoms with Crippen LogP contribution in [0.15, 0.2) is 0 Å². The van der Waals surface area contributed by atoms with E-state index in [1.165, 1.54) is 0 Å². The highest BCUT2D eigenvalue weighted by molar-refractivity contribution is 5.76. The summed E-state index contributed by atoms with van der Waals surface area (Å²) in [4.78, 5) is 10.7. The number of carbonyl (C=O) groups excluding carboxylic acids is 1. The second-order valence-electron chi connectivity index (χ2n) is 3.41. The number of amides is 1. The Bertz CT molecular complexity index is 179. The highest BCUT2D eigenvalue weighted by Crippen LogP contribution is 2.27. The molecule has 0 rings (SSSR count). The molecule has 0 aliphatic rings. The van der Waals surface area contributed by atoms with E-state index in [-0.39, 0.29) is 6.42 Å². The van der Waals surface area contributed by atoms with Gasteiger partial charge in [-0.2, -0.15) is 13.2 Å². The lowest BCUT2D eigenvalue weighted by Crippen LogP contribution is -2.28. The summed E-state index contributed by atoms with van der Waals surface area (Å²) in [6.07, 6.45) is -2.78. The Balaban J connectivity index is 3.97. The van der Waals surface area contributed by atoms with Gasteiger partial charge in [0, 0.05) is 5.92 Å². The fourth-order valence-corrected chi connectivity index (χ4v) is 1.27. The van der Waals surface area contributed by atoms with Crippen LogP contribution in [0.4, 0.5) is 13.2 Å². The molecule has 0 aliphatic carbocycles. The summed E-state index contributed by atoms with van der Waals surface area (Å²) in [5, 5.41) is 0. The fourth-order valence-electron chi connectivity index (χ4n) is 1.27. The van der Waals surface area contributed by atoms with Gasteiger partial charge in [0.15, 0.2) is 0 Å². The van der Waals surface area contributed by atoms with Crippen LogP contribution in [0.1, 0.15) is 39.0 Å². The molecule has 0 bridgehead atoms. The van der Waals surface area contributed by atoms with Gasteiger partial charge in [0.1, 0.15) is 0 Å². The Kier molecular flexibility index (Phi) is 5.57. The second kappa shape index (κ2) is 5.88. The molecule has 0 aromatic carbocycles. The standard InChI is InChI=1S/C9H16F3NO/c1-2-3-4-5-7(8(13)14)6-9(10,11)12/h7H,2-6H2,1H3,(H2,13,14). The average Bonchev–Trinajstić information content (AvgIpc) is 2.00. The van der Waals surface area contributed by atoms with Gasteiger partial charge in [-0.3, -0.25) is 4.79 Å². The van der Waals surface area contributed by atoms with Crippen LogP contribution in [0.25, 0.3) is 0 Å². The summed E-state index contributed by atoms with van der Waals surface area (Å²) in [6.45, 7) is 1.95. The van der Waals surface area contributed by atoms with Crippen LogP contribution < -0.4 is 5.73 Å². The third-order valence-corrected chi connectivity index (χ3v) is 2.04. The second-order valence-corrected chi connectivity index (χ2v) is 3.41. The summed E-state index contributed by atoms with van der Waals surface area (Å²) in [5.74, 6) is -1.90. The molecule has 0 saturated heterocycles. The predicted octanol–water partition coefficient (Wildman–Crippen LogP) is 2.62. The van der Waals surface area contributed by atoms with Crippen LogP contribution in [0, 0.1) is 5.92 Å². The first-order valence-electron chi connectivity index (χ1n) is 4.73. The van der Waals surface area contributed by atoms with Gasteiger partial charge in [0.2, 0.25) is 5.91 Å². The molecule has 0 spiro atoms. The van der Waals surface area contributed by atoms with E-state index in [1.807, 2.05) is 6.92 Å². The number of unbranched alkanes of at least 4 members (excludes halogenated alkanes) is 2. The molecule has 0 fully saturated rings. The Morgan fingerprint density at radius 2 is 1.93 bits per heavy atom. The van der Waals surface area contributed by atoms with Gasteiger partial charge in [0.25, 0.3) is 0 Å². The maximum Gasteiger partial charge on any atom is 0.389 e. The summed E-state index contributed by atoms with van der Waals surface area (Å²) >= 11 is 0. The summed E-state index contributed by atoms with van der Waals surface area (Å²) in [5.41, 5.74) is 4.89. The van der Waals surface area contributed by atoms with E-state index in [0.29, 0.717) is 6.42 Å². The number of alkyl halides is 3. The van der Waals surface area contributed by atoms with Crippen molar-refractivity contribution in [2.24, 2.45) is 11.7 Å². The number of hydrogen-bond acceptors (Lipinski definition) is 1. The Morgan fingerprint density at radius 1 is 1.36 bits per heavy atom. The number of primary amides is 1. The van der Waals surface area contributed by atoms with E-state index >= 15 is 0 Å². The number of carbonyl (C=O) groups is 1. The summed E-state index contributed by atoms with van der Waals surface area (Å²) in [6, 6.07) is 0. The molecular formula is C9H16F3NO. The molecule has 0 aliphatic heterocycles. The first-order chi connectivity index (χ1) is 6.37. The minimum absolute atomic E-state index is 0.239. The predicted molar refractivity (Wildman–Crippen MR) is 47.5 cm³/mol. The van der Waals surface area contributed by atoms with E-state index in [0.717, 1.165) is 12.8 Å². The first-order valence-corrected chi connectivity index (χ1v) is 4.73. The van der Waals surface area contributed by atoms with E-state index in [1.54, 1.807) is 0 Å². The van der Waals surface area contributed by atoms with E-state index in [4.69, 9.17) is 5.73 Å². The van der Waals surface area contributed by atoms with Gasteiger partial charge in [-0.05, 0) is 6.42 Å². The van der Waals surface area contributed by atoms with Crippen LogP contribution in [0.2, 0.25) is 0 Å². The third-order valence-electron chi connectivity index (χ3n) is 2.04. The van der Waals surface area contributed by atoms with Crippen molar-refractivity contribution in [1.29, 1.82) is 0 Å². The van der Waals surface area contributed by atoms with E-state index in [2.05, 4.69) is 0 Å². The zero-order valence-corrected chi connectivity index (χ0v) is 8.23.